The molecule has 7 heteroatoms. The highest BCUT2D eigenvalue weighted by molar-refractivity contribution is 5.84. The molecule has 0 bridgehead atoms. The lowest BCUT2D eigenvalue weighted by Crippen LogP contribution is -2.43. The van der Waals surface area contributed by atoms with Gasteiger partial charge in [0.05, 0.1) is 5.41 Å². The van der Waals surface area contributed by atoms with Crippen molar-refractivity contribution in [2.45, 2.75) is 82.2 Å². The number of fused-ring (bicyclic) bond motifs is 1. The first-order valence-corrected chi connectivity index (χ1v) is 14.4. The topological polar surface area (TPSA) is 71.7 Å². The van der Waals surface area contributed by atoms with Crippen LogP contribution in [0.2, 0.25) is 0 Å². The largest absolute Gasteiger partial charge is 0.353 e. The monoisotopic (exact) mass is 510 g/mol. The van der Waals surface area contributed by atoms with Crippen LogP contribution in [-0.2, 0) is 19.0 Å². The minimum absolute atomic E-state index is 0.0333. The van der Waals surface area contributed by atoms with Gasteiger partial charge < -0.3 is 9.55 Å². The van der Waals surface area contributed by atoms with Gasteiger partial charge in [-0.25, -0.2) is 0 Å². The highest BCUT2D eigenvalue weighted by Crippen LogP contribution is 2.51. The Labute approximate surface area is 223 Å². The fourth-order valence-electron chi connectivity index (χ4n) is 7.38. The number of hydrogen-bond donors (Lipinski definition) is 1. The third-order valence-corrected chi connectivity index (χ3v) is 9.48. The lowest BCUT2D eigenvalue weighted by molar-refractivity contribution is 0.185. The maximum Gasteiger partial charge on any atom is 0.279 e. The van der Waals surface area contributed by atoms with Crippen molar-refractivity contribution in [2.24, 2.45) is 13.0 Å². The Hall–Kier alpha value is -3.19. The second-order valence-corrected chi connectivity index (χ2v) is 12.4. The molecular formula is C31H38N6O. The summed E-state index contributed by atoms with van der Waals surface area (Å²) >= 11 is 0. The van der Waals surface area contributed by atoms with Gasteiger partial charge in [-0.2, -0.15) is 0 Å². The molecule has 38 heavy (non-hydrogen) atoms. The van der Waals surface area contributed by atoms with Crippen LogP contribution in [0.25, 0.3) is 16.6 Å². The van der Waals surface area contributed by atoms with E-state index in [1.807, 2.05) is 16.2 Å². The van der Waals surface area contributed by atoms with Gasteiger partial charge in [-0.3, -0.25) is 14.3 Å². The SMILES string of the molecule is CC1CC(c2cccc(-n3cc(C4CC4)c4cc(CN(C)C5CCCC5)[nH]c4c3=O)c2)(c2nncn2C)C1. The maximum absolute atomic E-state index is 14.0. The van der Waals surface area contributed by atoms with E-state index in [0.717, 1.165) is 47.5 Å². The molecule has 0 spiro atoms. The molecule has 3 fully saturated rings. The summed E-state index contributed by atoms with van der Waals surface area (Å²) < 4.78 is 3.93. The summed E-state index contributed by atoms with van der Waals surface area (Å²) in [6.07, 6.45) is 13.6. The minimum Gasteiger partial charge on any atom is -0.353 e. The fraction of sp³-hybridized carbons (Fsp3) is 0.516. The second kappa shape index (κ2) is 8.94. The molecule has 3 aliphatic rings. The highest BCUT2D eigenvalue weighted by Gasteiger charge is 2.48. The van der Waals surface area contributed by atoms with Crippen LogP contribution in [0.15, 0.2) is 47.7 Å². The first-order chi connectivity index (χ1) is 18.4. The number of aromatic amines is 1. The van der Waals surface area contributed by atoms with Crippen molar-refractivity contribution in [2.75, 3.05) is 7.05 Å². The summed E-state index contributed by atoms with van der Waals surface area (Å²) in [5.41, 5.74) is 5.21. The molecule has 3 heterocycles. The molecular weight excluding hydrogens is 472 g/mol. The van der Waals surface area contributed by atoms with Gasteiger partial charge in [-0.05, 0) is 86.7 Å². The summed E-state index contributed by atoms with van der Waals surface area (Å²) in [5.74, 6) is 2.19. The molecule has 1 N–H and O–H groups in total. The van der Waals surface area contributed by atoms with Crippen molar-refractivity contribution in [3.63, 3.8) is 0 Å². The Bertz CT molecular complexity index is 1540. The third-order valence-electron chi connectivity index (χ3n) is 9.48. The van der Waals surface area contributed by atoms with Crippen molar-refractivity contribution >= 4 is 10.9 Å². The van der Waals surface area contributed by atoms with Crippen LogP contribution in [-0.4, -0.2) is 42.3 Å². The molecule has 7 nitrogen and oxygen atoms in total. The molecule has 0 saturated heterocycles. The second-order valence-electron chi connectivity index (χ2n) is 12.4. The molecule has 3 aromatic heterocycles. The van der Waals surface area contributed by atoms with E-state index in [2.05, 4.69) is 70.6 Å². The Morgan fingerprint density at radius 3 is 2.61 bits per heavy atom. The highest BCUT2D eigenvalue weighted by atomic mass is 16.1. The van der Waals surface area contributed by atoms with Gasteiger partial charge in [-0.15, -0.1) is 10.2 Å². The average molecular weight is 511 g/mol. The summed E-state index contributed by atoms with van der Waals surface area (Å²) in [5, 5.41) is 9.82. The lowest BCUT2D eigenvalue weighted by atomic mass is 9.58. The molecule has 0 amide bonds. The number of nitrogens with zero attached hydrogens (tertiary/aromatic N) is 5. The van der Waals surface area contributed by atoms with Crippen LogP contribution >= 0.6 is 0 Å². The molecule has 0 atom stereocenters. The van der Waals surface area contributed by atoms with E-state index in [1.54, 1.807) is 6.33 Å². The molecule has 0 radical (unpaired) electrons. The predicted octanol–water partition coefficient (Wildman–Crippen LogP) is 5.42. The zero-order chi connectivity index (χ0) is 26.0. The van der Waals surface area contributed by atoms with Gasteiger partial charge in [0.15, 0.2) is 0 Å². The van der Waals surface area contributed by atoms with E-state index in [1.165, 1.54) is 49.7 Å². The van der Waals surface area contributed by atoms with E-state index in [4.69, 9.17) is 0 Å². The zero-order valence-electron chi connectivity index (χ0n) is 22.8. The Morgan fingerprint density at radius 2 is 1.92 bits per heavy atom. The van der Waals surface area contributed by atoms with Gasteiger partial charge in [0, 0.05) is 42.6 Å². The Morgan fingerprint density at radius 1 is 1.13 bits per heavy atom. The third kappa shape index (κ3) is 3.85. The number of hydrogen-bond acceptors (Lipinski definition) is 4. The number of aryl methyl sites for hydroxylation is 1. The molecule has 0 aliphatic heterocycles. The van der Waals surface area contributed by atoms with E-state index in [-0.39, 0.29) is 11.0 Å². The maximum atomic E-state index is 14.0. The molecule has 4 aromatic rings. The van der Waals surface area contributed by atoms with Crippen LogP contribution in [0.5, 0.6) is 0 Å². The first kappa shape index (κ1) is 23.9. The van der Waals surface area contributed by atoms with Crippen LogP contribution in [0.4, 0.5) is 0 Å². The van der Waals surface area contributed by atoms with Crippen LogP contribution < -0.4 is 5.56 Å². The molecule has 198 valence electrons. The normalized spacial score (nSPS) is 23.9. The van der Waals surface area contributed by atoms with Gasteiger partial charge >= 0.3 is 0 Å². The minimum atomic E-state index is -0.155. The average Bonchev–Trinajstić information content (AvgIpc) is 3.25. The fourth-order valence-corrected chi connectivity index (χ4v) is 7.38. The molecule has 0 unspecified atom stereocenters. The van der Waals surface area contributed by atoms with Crippen molar-refractivity contribution in [3.8, 4) is 5.69 Å². The standard InChI is InChI=1S/C31H38N6O/c1-20-15-31(16-20,30-34-32-19-36(30)3)22-7-6-10-25(13-22)37-18-27(21-11-12-21)26-14-23(33-28(26)29(37)38)17-35(2)24-8-4-5-9-24/h6-7,10,13-14,18-21,24,33H,4-5,8-9,11-12,15-17H2,1-3H3. The summed E-state index contributed by atoms with van der Waals surface area (Å²) in [6, 6.07) is 11.5. The molecule has 1 aromatic carbocycles. The number of aromatic nitrogens is 5. The van der Waals surface area contributed by atoms with E-state index >= 15 is 0 Å². The molecule has 3 aliphatic carbocycles. The van der Waals surface area contributed by atoms with Crippen molar-refractivity contribution in [3.05, 3.63) is 75.9 Å². The smallest absolute Gasteiger partial charge is 0.279 e. The van der Waals surface area contributed by atoms with E-state index in [9.17, 15) is 4.79 Å². The van der Waals surface area contributed by atoms with E-state index in [0.29, 0.717) is 17.9 Å². The van der Waals surface area contributed by atoms with Gasteiger partial charge in [0.1, 0.15) is 17.7 Å². The van der Waals surface area contributed by atoms with Crippen molar-refractivity contribution in [1.29, 1.82) is 0 Å². The summed E-state index contributed by atoms with van der Waals surface area (Å²) in [4.78, 5) is 20.0. The van der Waals surface area contributed by atoms with Crippen LogP contribution in [0.1, 0.15) is 86.9 Å². The lowest BCUT2D eigenvalue weighted by Gasteiger charge is -2.46. The van der Waals surface area contributed by atoms with Crippen LogP contribution in [0, 0.1) is 5.92 Å². The summed E-state index contributed by atoms with van der Waals surface area (Å²) in [6.45, 7) is 3.16. The number of pyridine rings is 1. The predicted molar refractivity (Wildman–Crippen MR) is 150 cm³/mol. The van der Waals surface area contributed by atoms with Crippen molar-refractivity contribution in [1.82, 2.24) is 29.2 Å². The number of nitrogens with one attached hydrogen (secondary N) is 1. The molecule has 3 saturated carbocycles. The summed E-state index contributed by atoms with van der Waals surface area (Å²) in [7, 11) is 4.25. The number of benzene rings is 1. The van der Waals surface area contributed by atoms with Crippen LogP contribution in [0.3, 0.4) is 0 Å². The van der Waals surface area contributed by atoms with Gasteiger partial charge in [0.25, 0.3) is 5.56 Å². The number of rotatable bonds is 7. The molecule has 7 rings (SSSR count). The zero-order valence-corrected chi connectivity index (χ0v) is 22.8. The first-order valence-electron chi connectivity index (χ1n) is 14.4. The Balaban J connectivity index is 1.30. The van der Waals surface area contributed by atoms with Gasteiger partial charge in [0.2, 0.25) is 0 Å². The Kier molecular flexibility index (Phi) is 5.62. The van der Waals surface area contributed by atoms with E-state index < -0.39 is 0 Å². The van der Waals surface area contributed by atoms with Crippen molar-refractivity contribution < 1.29 is 0 Å². The number of H-pyrrole nitrogens is 1. The quantitative estimate of drug-likeness (QED) is 0.361. The van der Waals surface area contributed by atoms with Gasteiger partial charge in [-0.1, -0.05) is 31.9 Å².